The number of sulfonamides is 2. The number of hydrogen-bond acceptors (Lipinski definition) is 10. The van der Waals surface area contributed by atoms with Crippen LogP contribution in [0.3, 0.4) is 0 Å². The lowest BCUT2D eigenvalue weighted by Crippen LogP contribution is -2.32. The van der Waals surface area contributed by atoms with Gasteiger partial charge in [-0.1, -0.05) is 0 Å². The third-order valence-corrected chi connectivity index (χ3v) is 7.23. The van der Waals surface area contributed by atoms with Gasteiger partial charge in [0.25, 0.3) is 0 Å². The van der Waals surface area contributed by atoms with Crippen molar-refractivity contribution in [1.29, 1.82) is 0 Å². The summed E-state index contributed by atoms with van der Waals surface area (Å²) in [5, 5.41) is 18.3. The Morgan fingerprint density at radius 3 is 1.76 bits per heavy atom. The second kappa shape index (κ2) is 10.6. The number of benzene rings is 2. The number of nitrogens with one attached hydrogen (secondary N) is 3. The van der Waals surface area contributed by atoms with Gasteiger partial charge in [-0.3, -0.25) is 5.32 Å². The lowest BCUT2D eigenvalue weighted by molar-refractivity contribution is 0.262. The first-order valence-corrected chi connectivity index (χ1v) is 14.2. The molecule has 4 rings (SSSR count). The summed E-state index contributed by atoms with van der Waals surface area (Å²) in [6.07, 6.45) is 3.04. The summed E-state index contributed by atoms with van der Waals surface area (Å²) in [7, 11) is -7.69. The number of piperidine rings is 1. The van der Waals surface area contributed by atoms with Crippen LogP contribution in [0.15, 0.2) is 58.3 Å². The van der Waals surface area contributed by atoms with Crippen molar-refractivity contribution in [1.82, 2.24) is 15.0 Å². The van der Waals surface area contributed by atoms with Crippen LogP contribution < -0.4 is 31.1 Å². The molecule has 2 heterocycles. The van der Waals surface area contributed by atoms with Crippen molar-refractivity contribution >= 4 is 55.3 Å². The van der Waals surface area contributed by atoms with E-state index in [9.17, 15) is 21.6 Å². The van der Waals surface area contributed by atoms with Gasteiger partial charge in [0.2, 0.25) is 37.9 Å². The molecule has 2 amide bonds. The second-order valence-corrected chi connectivity index (χ2v) is 11.3. The fourth-order valence-corrected chi connectivity index (χ4v) is 4.59. The molecule has 1 fully saturated rings. The van der Waals surface area contributed by atoms with Gasteiger partial charge in [0.05, 0.1) is 9.79 Å². The second-order valence-electron chi connectivity index (χ2n) is 8.17. The van der Waals surface area contributed by atoms with E-state index in [-0.39, 0.29) is 21.7 Å². The molecule has 2 aromatic carbocycles. The van der Waals surface area contributed by atoms with E-state index in [0.29, 0.717) is 17.3 Å². The topological polar surface area (TPSA) is 215 Å². The van der Waals surface area contributed by atoms with E-state index in [2.05, 4.69) is 30.9 Å². The smallest absolute Gasteiger partial charge is 0.326 e. The maximum atomic E-state index is 12.6. The largest absolute Gasteiger partial charge is 0.341 e. The number of hydrogen-bond donors (Lipinski definition) is 5. The van der Waals surface area contributed by atoms with E-state index < -0.39 is 26.1 Å². The standard InChI is InChI=1S/C21H25N9O5S2/c22-36(32,33)16-8-4-14(5-9-16)24-18-26-19(28-20(27-18)30-12-2-1-3-13-30)29-21(31)25-15-6-10-17(11-7-15)37(23,34)35/h4-11H,1-3,12-13H2,(H2,22,32,33)(H2,23,34,35)(H3,24,25,26,27,28,29,31). The number of aromatic nitrogens is 3. The molecule has 0 bridgehead atoms. The molecule has 1 aliphatic rings. The van der Waals surface area contributed by atoms with Gasteiger partial charge in [-0.05, 0) is 67.8 Å². The van der Waals surface area contributed by atoms with Crippen LogP contribution in [0.5, 0.6) is 0 Å². The predicted molar refractivity (Wildman–Crippen MR) is 137 cm³/mol. The van der Waals surface area contributed by atoms with Gasteiger partial charge >= 0.3 is 6.03 Å². The Bertz CT molecular complexity index is 1490. The van der Waals surface area contributed by atoms with Crippen molar-refractivity contribution in [3.05, 3.63) is 48.5 Å². The van der Waals surface area contributed by atoms with Crippen LogP contribution in [0.4, 0.5) is 34.0 Å². The van der Waals surface area contributed by atoms with E-state index in [4.69, 9.17) is 10.3 Å². The average Bonchev–Trinajstić information content (AvgIpc) is 2.84. The first-order chi connectivity index (χ1) is 17.5. The van der Waals surface area contributed by atoms with Gasteiger partial charge in [-0.25, -0.2) is 31.9 Å². The molecule has 37 heavy (non-hydrogen) atoms. The molecule has 7 N–H and O–H groups in total. The monoisotopic (exact) mass is 547 g/mol. The Morgan fingerprint density at radius 2 is 1.22 bits per heavy atom. The van der Waals surface area contributed by atoms with Crippen LogP contribution in [0.2, 0.25) is 0 Å². The molecular weight excluding hydrogens is 522 g/mol. The van der Waals surface area contributed by atoms with Crippen LogP contribution in [-0.4, -0.2) is 50.9 Å². The molecule has 0 saturated carbocycles. The highest BCUT2D eigenvalue weighted by Gasteiger charge is 2.18. The molecule has 16 heteroatoms. The van der Waals surface area contributed by atoms with Crippen LogP contribution >= 0.6 is 0 Å². The van der Waals surface area contributed by atoms with Crippen LogP contribution in [-0.2, 0) is 20.0 Å². The zero-order chi connectivity index (χ0) is 26.6. The number of carbonyl (C=O) groups is 1. The molecule has 1 aliphatic heterocycles. The SMILES string of the molecule is NS(=O)(=O)c1ccc(NC(=O)Nc2nc(Nc3ccc(S(N)(=O)=O)cc3)nc(N3CCCCC3)n2)cc1. The highest BCUT2D eigenvalue weighted by atomic mass is 32.2. The molecule has 0 spiro atoms. The number of anilines is 5. The van der Waals surface area contributed by atoms with Crippen molar-refractivity contribution in [2.24, 2.45) is 10.3 Å². The Hall–Kier alpha value is -3.86. The Kier molecular flexibility index (Phi) is 7.53. The summed E-state index contributed by atoms with van der Waals surface area (Å²) in [5.41, 5.74) is 0.817. The molecule has 14 nitrogen and oxygen atoms in total. The fraction of sp³-hybridized carbons (Fsp3) is 0.238. The van der Waals surface area contributed by atoms with E-state index in [1.54, 1.807) is 0 Å². The number of urea groups is 1. The van der Waals surface area contributed by atoms with Crippen molar-refractivity contribution in [3.63, 3.8) is 0 Å². The molecule has 0 unspecified atom stereocenters. The number of amides is 2. The zero-order valence-corrected chi connectivity index (χ0v) is 21.1. The number of carbonyl (C=O) groups excluding carboxylic acids is 1. The van der Waals surface area contributed by atoms with Crippen molar-refractivity contribution in [2.45, 2.75) is 29.1 Å². The summed E-state index contributed by atoms with van der Waals surface area (Å²) in [5.74, 6) is 0.468. The molecule has 196 valence electrons. The summed E-state index contributed by atoms with van der Waals surface area (Å²) in [4.78, 5) is 27.5. The van der Waals surface area contributed by atoms with E-state index >= 15 is 0 Å². The minimum Gasteiger partial charge on any atom is -0.341 e. The fourth-order valence-electron chi connectivity index (χ4n) is 3.56. The van der Waals surface area contributed by atoms with Crippen LogP contribution in [0.1, 0.15) is 19.3 Å². The van der Waals surface area contributed by atoms with Crippen LogP contribution in [0.25, 0.3) is 0 Å². The minimum atomic E-state index is -3.86. The quantitative estimate of drug-likeness (QED) is 0.287. The lowest BCUT2D eigenvalue weighted by atomic mass is 10.1. The lowest BCUT2D eigenvalue weighted by Gasteiger charge is -2.27. The molecule has 1 saturated heterocycles. The molecule has 0 radical (unpaired) electrons. The average molecular weight is 548 g/mol. The zero-order valence-electron chi connectivity index (χ0n) is 19.5. The third kappa shape index (κ3) is 7.10. The third-order valence-electron chi connectivity index (χ3n) is 5.37. The van der Waals surface area contributed by atoms with Gasteiger partial charge in [0, 0.05) is 24.5 Å². The maximum Gasteiger partial charge on any atom is 0.326 e. The molecule has 0 aliphatic carbocycles. The predicted octanol–water partition coefficient (Wildman–Crippen LogP) is 1.54. The molecule has 0 atom stereocenters. The number of nitrogens with zero attached hydrogens (tertiary/aromatic N) is 4. The van der Waals surface area contributed by atoms with Gasteiger partial charge in [-0.2, -0.15) is 15.0 Å². The van der Waals surface area contributed by atoms with Gasteiger partial charge < -0.3 is 15.5 Å². The molecule has 3 aromatic rings. The molecular formula is C21H25N9O5S2. The minimum absolute atomic E-state index is 0.0297. The maximum absolute atomic E-state index is 12.6. The van der Waals surface area contributed by atoms with Crippen molar-refractivity contribution < 1.29 is 21.6 Å². The van der Waals surface area contributed by atoms with Crippen LogP contribution in [0, 0.1) is 0 Å². The number of rotatable bonds is 7. The normalized spacial score (nSPS) is 14.2. The van der Waals surface area contributed by atoms with Crippen molar-refractivity contribution in [2.75, 3.05) is 33.9 Å². The number of nitrogens with two attached hydrogens (primary N) is 2. The first kappa shape index (κ1) is 26.2. The highest BCUT2D eigenvalue weighted by molar-refractivity contribution is 7.89. The highest BCUT2D eigenvalue weighted by Crippen LogP contribution is 2.22. The Balaban J connectivity index is 1.54. The Morgan fingerprint density at radius 1 is 0.703 bits per heavy atom. The van der Waals surface area contributed by atoms with Gasteiger partial charge in [-0.15, -0.1) is 0 Å². The number of primary sulfonamides is 2. The van der Waals surface area contributed by atoms with Gasteiger partial charge in [0.1, 0.15) is 0 Å². The van der Waals surface area contributed by atoms with Gasteiger partial charge in [0.15, 0.2) is 0 Å². The van der Waals surface area contributed by atoms with E-state index in [1.165, 1.54) is 48.5 Å². The summed E-state index contributed by atoms with van der Waals surface area (Å²) >= 11 is 0. The first-order valence-electron chi connectivity index (χ1n) is 11.1. The Labute approximate surface area is 213 Å². The van der Waals surface area contributed by atoms with E-state index in [1.807, 2.05) is 4.90 Å². The summed E-state index contributed by atoms with van der Waals surface area (Å²) < 4.78 is 45.8. The summed E-state index contributed by atoms with van der Waals surface area (Å²) in [6.45, 7) is 1.49. The molecule has 1 aromatic heterocycles. The van der Waals surface area contributed by atoms with Crippen molar-refractivity contribution in [3.8, 4) is 0 Å². The van der Waals surface area contributed by atoms with E-state index in [0.717, 1.165) is 32.4 Å². The summed E-state index contributed by atoms with van der Waals surface area (Å²) in [6, 6.07) is 10.4.